The van der Waals surface area contributed by atoms with Gasteiger partial charge in [-0.2, -0.15) is 0 Å². The second kappa shape index (κ2) is 7.36. The number of nitrogens with one attached hydrogen (secondary N) is 1. The lowest BCUT2D eigenvalue weighted by molar-refractivity contribution is -0.119. The van der Waals surface area contributed by atoms with E-state index in [-0.39, 0.29) is 17.6 Å². The number of aryl methyl sites for hydroxylation is 1. The van der Waals surface area contributed by atoms with Crippen molar-refractivity contribution in [3.05, 3.63) is 58.8 Å². The highest BCUT2D eigenvalue weighted by Gasteiger charge is 2.35. The van der Waals surface area contributed by atoms with Crippen LogP contribution in [0.15, 0.2) is 52.5 Å². The van der Waals surface area contributed by atoms with E-state index in [9.17, 15) is 9.59 Å². The second-order valence-electron chi connectivity index (χ2n) is 6.45. The van der Waals surface area contributed by atoms with Gasteiger partial charge in [0.05, 0.1) is 17.0 Å². The summed E-state index contributed by atoms with van der Waals surface area (Å²) in [4.78, 5) is 31.3. The fraction of sp³-hybridized carbons (Fsp3) is 0.250. The summed E-state index contributed by atoms with van der Waals surface area (Å²) in [7, 11) is 0. The number of nitrogens with zero attached hydrogens (tertiary/aromatic N) is 2. The van der Waals surface area contributed by atoms with E-state index in [0.717, 1.165) is 22.7 Å². The van der Waals surface area contributed by atoms with E-state index in [2.05, 4.69) is 10.3 Å². The summed E-state index contributed by atoms with van der Waals surface area (Å²) >= 11 is 1.61. The van der Waals surface area contributed by atoms with Gasteiger partial charge in [0, 0.05) is 23.2 Å². The normalized spacial score (nSPS) is 16.5. The maximum absolute atomic E-state index is 12.7. The molecule has 2 amide bonds. The molecule has 1 aromatic carbocycles. The SMILES string of the molecule is Cc1nc(-c2ccc(NC(=O)C3CCCN3C(=O)c3ccco3)cc2)cs1. The summed E-state index contributed by atoms with van der Waals surface area (Å²) in [5, 5.41) is 5.95. The molecule has 1 saturated heterocycles. The van der Waals surface area contributed by atoms with Crippen LogP contribution in [0.5, 0.6) is 0 Å². The first kappa shape index (κ1) is 17.5. The minimum absolute atomic E-state index is 0.176. The van der Waals surface area contributed by atoms with Crippen LogP contribution in [-0.2, 0) is 4.79 Å². The number of amides is 2. The van der Waals surface area contributed by atoms with Crippen molar-refractivity contribution < 1.29 is 14.0 Å². The molecule has 7 heteroatoms. The molecule has 3 aromatic rings. The van der Waals surface area contributed by atoms with Crippen LogP contribution in [0.25, 0.3) is 11.3 Å². The van der Waals surface area contributed by atoms with E-state index in [4.69, 9.17) is 4.42 Å². The molecule has 0 aliphatic carbocycles. The molecule has 2 aromatic heterocycles. The third kappa shape index (κ3) is 3.64. The third-order valence-electron chi connectivity index (χ3n) is 4.62. The molecule has 0 radical (unpaired) electrons. The number of benzene rings is 1. The van der Waals surface area contributed by atoms with E-state index >= 15 is 0 Å². The zero-order chi connectivity index (χ0) is 18.8. The summed E-state index contributed by atoms with van der Waals surface area (Å²) in [5.41, 5.74) is 2.64. The molecule has 3 heterocycles. The fourth-order valence-corrected chi connectivity index (χ4v) is 3.89. The molecule has 1 N–H and O–H groups in total. The Balaban J connectivity index is 1.44. The quantitative estimate of drug-likeness (QED) is 0.742. The number of carbonyl (C=O) groups excluding carboxylic acids is 2. The molecule has 0 bridgehead atoms. The molecule has 0 spiro atoms. The predicted octanol–water partition coefficient (Wildman–Crippen LogP) is 3.95. The Hall–Kier alpha value is -2.93. The van der Waals surface area contributed by atoms with E-state index < -0.39 is 6.04 Å². The summed E-state index contributed by atoms with van der Waals surface area (Å²) in [5.74, 6) is -0.158. The monoisotopic (exact) mass is 381 g/mol. The molecule has 1 aliphatic heterocycles. The number of rotatable bonds is 4. The van der Waals surface area contributed by atoms with Crippen molar-refractivity contribution in [3.63, 3.8) is 0 Å². The Kier molecular flexibility index (Phi) is 4.77. The van der Waals surface area contributed by atoms with Crippen LogP contribution < -0.4 is 5.32 Å². The zero-order valence-corrected chi connectivity index (χ0v) is 15.7. The van der Waals surface area contributed by atoms with Crippen molar-refractivity contribution in [2.75, 3.05) is 11.9 Å². The Labute approximate surface area is 160 Å². The number of hydrogen-bond acceptors (Lipinski definition) is 5. The number of furan rings is 1. The van der Waals surface area contributed by atoms with Gasteiger partial charge < -0.3 is 14.6 Å². The van der Waals surface area contributed by atoms with Gasteiger partial charge in [-0.05, 0) is 44.0 Å². The van der Waals surface area contributed by atoms with Crippen LogP contribution in [0.3, 0.4) is 0 Å². The summed E-state index contributed by atoms with van der Waals surface area (Å²) in [6.45, 7) is 2.53. The molecule has 1 atom stereocenters. The van der Waals surface area contributed by atoms with Crippen molar-refractivity contribution in [2.24, 2.45) is 0 Å². The lowest BCUT2D eigenvalue weighted by atomic mass is 10.1. The average Bonchev–Trinajstić information content (AvgIpc) is 3.43. The van der Waals surface area contributed by atoms with Gasteiger partial charge in [-0.25, -0.2) is 4.98 Å². The van der Waals surface area contributed by atoms with Crippen LogP contribution in [0, 0.1) is 6.92 Å². The minimum Gasteiger partial charge on any atom is -0.459 e. The smallest absolute Gasteiger partial charge is 0.290 e. The van der Waals surface area contributed by atoms with E-state index in [0.29, 0.717) is 18.7 Å². The topological polar surface area (TPSA) is 75.4 Å². The summed E-state index contributed by atoms with van der Waals surface area (Å²) in [6.07, 6.45) is 2.91. The van der Waals surface area contributed by atoms with Crippen molar-refractivity contribution in [1.29, 1.82) is 0 Å². The molecule has 27 heavy (non-hydrogen) atoms. The van der Waals surface area contributed by atoms with E-state index in [1.807, 2.05) is 36.6 Å². The largest absolute Gasteiger partial charge is 0.459 e. The first-order chi connectivity index (χ1) is 13.1. The Morgan fingerprint density at radius 2 is 2.07 bits per heavy atom. The predicted molar refractivity (Wildman–Crippen MR) is 104 cm³/mol. The molecule has 138 valence electrons. The van der Waals surface area contributed by atoms with E-state index in [1.165, 1.54) is 6.26 Å². The second-order valence-corrected chi connectivity index (χ2v) is 7.51. The maximum Gasteiger partial charge on any atom is 0.290 e. The highest BCUT2D eigenvalue weighted by molar-refractivity contribution is 7.09. The highest BCUT2D eigenvalue weighted by atomic mass is 32.1. The number of carbonyl (C=O) groups is 2. The van der Waals surface area contributed by atoms with Crippen LogP contribution in [0.1, 0.15) is 28.4 Å². The lowest BCUT2D eigenvalue weighted by Gasteiger charge is -2.23. The molecule has 1 unspecified atom stereocenters. The standard InChI is InChI=1S/C20H19N3O3S/c1-13-21-16(12-27-13)14-6-8-15(9-7-14)22-19(24)17-4-2-10-23(17)20(25)18-5-3-11-26-18/h3,5-9,11-12,17H,2,4,10H2,1H3,(H,22,24). The molecular formula is C20H19N3O3S. The zero-order valence-electron chi connectivity index (χ0n) is 14.8. The Morgan fingerprint density at radius 1 is 1.26 bits per heavy atom. The van der Waals surface area contributed by atoms with Crippen molar-refractivity contribution in [3.8, 4) is 11.3 Å². The third-order valence-corrected chi connectivity index (χ3v) is 5.39. The molecular weight excluding hydrogens is 362 g/mol. The maximum atomic E-state index is 12.7. The van der Waals surface area contributed by atoms with Gasteiger partial charge in [-0.3, -0.25) is 9.59 Å². The fourth-order valence-electron chi connectivity index (χ4n) is 3.27. The number of aromatic nitrogens is 1. The average molecular weight is 381 g/mol. The van der Waals surface area contributed by atoms with Gasteiger partial charge in [0.2, 0.25) is 5.91 Å². The summed E-state index contributed by atoms with van der Waals surface area (Å²) < 4.78 is 5.18. The van der Waals surface area contributed by atoms with Crippen LogP contribution >= 0.6 is 11.3 Å². The van der Waals surface area contributed by atoms with Crippen molar-refractivity contribution in [1.82, 2.24) is 9.88 Å². The van der Waals surface area contributed by atoms with Crippen LogP contribution in [0.2, 0.25) is 0 Å². The molecule has 0 saturated carbocycles. The van der Waals surface area contributed by atoms with Crippen molar-refractivity contribution in [2.45, 2.75) is 25.8 Å². The van der Waals surface area contributed by atoms with Crippen LogP contribution in [0.4, 0.5) is 5.69 Å². The first-order valence-electron chi connectivity index (χ1n) is 8.80. The number of hydrogen-bond donors (Lipinski definition) is 1. The Morgan fingerprint density at radius 3 is 2.74 bits per heavy atom. The summed E-state index contributed by atoms with van der Waals surface area (Å²) in [6, 6.07) is 10.4. The van der Waals surface area contributed by atoms with Gasteiger partial charge in [-0.15, -0.1) is 11.3 Å². The first-order valence-corrected chi connectivity index (χ1v) is 9.68. The van der Waals surface area contributed by atoms with E-state index in [1.54, 1.807) is 28.4 Å². The van der Waals surface area contributed by atoms with Gasteiger partial charge in [-0.1, -0.05) is 12.1 Å². The molecule has 1 fully saturated rings. The number of thiazole rings is 1. The minimum atomic E-state index is -0.483. The number of likely N-dealkylation sites (tertiary alicyclic amines) is 1. The Bertz CT molecular complexity index is 947. The highest BCUT2D eigenvalue weighted by Crippen LogP contribution is 2.25. The number of anilines is 1. The molecule has 1 aliphatic rings. The van der Waals surface area contributed by atoms with Crippen molar-refractivity contribution >= 4 is 28.8 Å². The molecule has 4 rings (SSSR count). The van der Waals surface area contributed by atoms with Gasteiger partial charge in [0.15, 0.2) is 5.76 Å². The van der Waals surface area contributed by atoms with Gasteiger partial charge >= 0.3 is 0 Å². The van der Waals surface area contributed by atoms with Gasteiger partial charge in [0.1, 0.15) is 6.04 Å². The van der Waals surface area contributed by atoms with Crippen LogP contribution in [-0.4, -0.2) is 34.3 Å². The van der Waals surface area contributed by atoms with Gasteiger partial charge in [0.25, 0.3) is 5.91 Å². The molecule has 6 nitrogen and oxygen atoms in total. The lowest BCUT2D eigenvalue weighted by Crippen LogP contribution is -2.43.